The molecule has 2 aromatic rings. The average Bonchev–Trinajstić information content (AvgIpc) is 2.66. The lowest BCUT2D eigenvalue weighted by Crippen LogP contribution is -2.10. The predicted octanol–water partition coefficient (Wildman–Crippen LogP) is 2.67. The summed E-state index contributed by atoms with van der Waals surface area (Å²) in [4.78, 5) is 3.97. The molecule has 0 amide bonds. The number of rotatable bonds is 3. The molecule has 3 rings (SSSR count). The van der Waals surface area contributed by atoms with E-state index in [9.17, 15) is 0 Å². The van der Waals surface area contributed by atoms with Crippen LogP contribution in [0.3, 0.4) is 0 Å². The van der Waals surface area contributed by atoms with Gasteiger partial charge in [0, 0.05) is 25.4 Å². The van der Waals surface area contributed by atoms with Crippen LogP contribution in [0.5, 0.6) is 0 Å². The van der Waals surface area contributed by atoms with Gasteiger partial charge in [0.1, 0.15) is 5.82 Å². The Bertz CT molecular complexity index is 566. The minimum atomic E-state index is 0.623. The molecule has 1 aliphatic heterocycles. The molecule has 0 saturated heterocycles. The molecule has 0 radical (unpaired) electrons. The Balaban J connectivity index is 1.74. The van der Waals surface area contributed by atoms with Gasteiger partial charge >= 0.3 is 0 Å². The molecule has 0 atom stereocenters. The molecule has 0 fully saturated rings. The van der Waals surface area contributed by atoms with Crippen LogP contribution in [-0.2, 0) is 19.5 Å². The van der Waals surface area contributed by atoms with E-state index in [1.165, 1.54) is 19.3 Å². The van der Waals surface area contributed by atoms with Gasteiger partial charge < -0.3 is 9.88 Å². The van der Waals surface area contributed by atoms with Crippen molar-refractivity contribution < 1.29 is 0 Å². The van der Waals surface area contributed by atoms with Crippen LogP contribution in [-0.4, -0.2) is 19.7 Å². The summed E-state index contributed by atoms with van der Waals surface area (Å²) in [5, 5.41) is 12.5. The number of aromatic nitrogens is 4. The van der Waals surface area contributed by atoms with Gasteiger partial charge in [-0.3, -0.25) is 4.98 Å². The van der Waals surface area contributed by atoms with Crippen molar-refractivity contribution in [2.24, 2.45) is 0 Å². The van der Waals surface area contributed by atoms with Crippen LogP contribution in [0.15, 0.2) is 18.5 Å². The fourth-order valence-corrected chi connectivity index (χ4v) is 2.56. The fourth-order valence-electron chi connectivity index (χ4n) is 2.37. The van der Waals surface area contributed by atoms with E-state index in [0.29, 0.717) is 11.6 Å². The van der Waals surface area contributed by atoms with Crippen LogP contribution in [0.2, 0.25) is 5.02 Å². The van der Waals surface area contributed by atoms with E-state index < -0.39 is 0 Å². The van der Waals surface area contributed by atoms with Gasteiger partial charge in [-0.15, -0.1) is 10.2 Å². The molecule has 6 heteroatoms. The van der Waals surface area contributed by atoms with E-state index in [1.807, 2.05) is 6.07 Å². The number of nitrogens with zero attached hydrogens (tertiary/aromatic N) is 4. The lowest BCUT2D eigenvalue weighted by atomic mass is 10.2. The predicted molar refractivity (Wildman–Crippen MR) is 74.2 cm³/mol. The van der Waals surface area contributed by atoms with Gasteiger partial charge in [-0.2, -0.15) is 0 Å². The minimum Gasteiger partial charge on any atom is -0.376 e. The maximum atomic E-state index is 6.07. The highest BCUT2D eigenvalue weighted by atomic mass is 35.5. The Morgan fingerprint density at radius 3 is 3.11 bits per heavy atom. The number of anilines is 1. The largest absolute Gasteiger partial charge is 0.376 e. The third-order valence-electron chi connectivity index (χ3n) is 3.40. The van der Waals surface area contributed by atoms with Crippen molar-refractivity contribution in [1.29, 1.82) is 0 Å². The van der Waals surface area contributed by atoms with Crippen molar-refractivity contribution >= 4 is 17.3 Å². The van der Waals surface area contributed by atoms with Gasteiger partial charge in [0.2, 0.25) is 0 Å². The van der Waals surface area contributed by atoms with Gasteiger partial charge in [0.05, 0.1) is 17.3 Å². The second-order valence-corrected chi connectivity index (χ2v) is 5.11. The maximum Gasteiger partial charge on any atom is 0.152 e. The van der Waals surface area contributed by atoms with E-state index in [1.54, 1.807) is 12.4 Å². The van der Waals surface area contributed by atoms with Gasteiger partial charge in [-0.25, -0.2) is 0 Å². The van der Waals surface area contributed by atoms with E-state index in [0.717, 1.165) is 30.3 Å². The lowest BCUT2D eigenvalue weighted by Gasteiger charge is -2.09. The first kappa shape index (κ1) is 12.4. The highest BCUT2D eigenvalue weighted by Crippen LogP contribution is 2.20. The van der Waals surface area contributed by atoms with Gasteiger partial charge in [-0.05, 0) is 18.9 Å². The molecule has 0 aromatic carbocycles. The van der Waals surface area contributed by atoms with Crippen molar-refractivity contribution in [2.75, 3.05) is 5.32 Å². The Morgan fingerprint density at radius 2 is 2.21 bits per heavy atom. The molecule has 19 heavy (non-hydrogen) atoms. The molecule has 1 N–H and O–H groups in total. The Labute approximate surface area is 117 Å². The quantitative estimate of drug-likeness (QED) is 0.937. The van der Waals surface area contributed by atoms with Crippen LogP contribution < -0.4 is 5.32 Å². The Kier molecular flexibility index (Phi) is 3.64. The first-order valence-electron chi connectivity index (χ1n) is 6.59. The standard InChI is InChI=1S/C13H16ClN5/c14-10-8-15-6-5-11(10)16-9-13-18-17-12-4-2-1-3-7-19(12)13/h5-6,8H,1-4,7,9H2,(H,15,16). The summed E-state index contributed by atoms with van der Waals surface area (Å²) < 4.78 is 2.23. The SMILES string of the molecule is Clc1cnccc1NCc1nnc2n1CCCCC2. The van der Waals surface area contributed by atoms with E-state index >= 15 is 0 Å². The van der Waals surface area contributed by atoms with Crippen LogP contribution in [0, 0.1) is 0 Å². The first-order valence-corrected chi connectivity index (χ1v) is 6.97. The highest BCUT2D eigenvalue weighted by molar-refractivity contribution is 6.33. The van der Waals surface area contributed by atoms with Crippen molar-refractivity contribution in [1.82, 2.24) is 19.7 Å². The molecule has 1 aliphatic rings. The number of nitrogens with one attached hydrogen (secondary N) is 1. The Morgan fingerprint density at radius 1 is 1.26 bits per heavy atom. The van der Waals surface area contributed by atoms with Crippen LogP contribution in [0.25, 0.3) is 0 Å². The van der Waals surface area contributed by atoms with Gasteiger partial charge in [0.15, 0.2) is 5.82 Å². The molecule has 0 bridgehead atoms. The number of halogens is 1. The molecule has 100 valence electrons. The molecule has 2 aromatic heterocycles. The van der Waals surface area contributed by atoms with E-state index in [4.69, 9.17) is 11.6 Å². The summed E-state index contributed by atoms with van der Waals surface area (Å²) in [6, 6.07) is 1.86. The number of pyridine rings is 1. The second-order valence-electron chi connectivity index (χ2n) is 4.70. The molecule has 5 nitrogen and oxygen atoms in total. The van der Waals surface area contributed by atoms with Gasteiger partial charge in [-0.1, -0.05) is 18.0 Å². The van der Waals surface area contributed by atoms with E-state index in [2.05, 4.69) is 25.1 Å². The number of hydrogen-bond donors (Lipinski definition) is 1. The smallest absolute Gasteiger partial charge is 0.152 e. The first-order chi connectivity index (χ1) is 9.34. The summed E-state index contributed by atoms with van der Waals surface area (Å²) in [5.41, 5.74) is 0.877. The molecule has 0 spiro atoms. The van der Waals surface area contributed by atoms with Gasteiger partial charge in [0.25, 0.3) is 0 Å². The van der Waals surface area contributed by atoms with Crippen molar-refractivity contribution in [3.8, 4) is 0 Å². The average molecular weight is 278 g/mol. The normalized spacial score (nSPS) is 14.8. The number of hydrogen-bond acceptors (Lipinski definition) is 4. The van der Waals surface area contributed by atoms with Crippen LogP contribution >= 0.6 is 11.6 Å². The highest BCUT2D eigenvalue weighted by Gasteiger charge is 2.14. The number of fused-ring (bicyclic) bond motifs is 1. The van der Waals surface area contributed by atoms with Crippen LogP contribution in [0.4, 0.5) is 5.69 Å². The zero-order chi connectivity index (χ0) is 13.1. The maximum absolute atomic E-state index is 6.07. The third kappa shape index (κ3) is 2.71. The van der Waals surface area contributed by atoms with Crippen molar-refractivity contribution in [3.05, 3.63) is 35.1 Å². The zero-order valence-electron chi connectivity index (χ0n) is 10.6. The van der Waals surface area contributed by atoms with E-state index in [-0.39, 0.29) is 0 Å². The molecular formula is C13H16ClN5. The molecule has 3 heterocycles. The molecule has 0 saturated carbocycles. The summed E-state index contributed by atoms with van der Waals surface area (Å²) in [7, 11) is 0. The minimum absolute atomic E-state index is 0.623. The van der Waals surface area contributed by atoms with Crippen molar-refractivity contribution in [2.45, 2.75) is 38.8 Å². The zero-order valence-corrected chi connectivity index (χ0v) is 11.4. The Hall–Kier alpha value is -1.62. The molecule has 0 unspecified atom stereocenters. The number of aryl methyl sites for hydroxylation is 1. The van der Waals surface area contributed by atoms with Crippen molar-refractivity contribution in [3.63, 3.8) is 0 Å². The van der Waals surface area contributed by atoms with Crippen LogP contribution in [0.1, 0.15) is 30.9 Å². The summed E-state index contributed by atoms with van der Waals surface area (Å²) in [6.07, 6.45) is 8.07. The summed E-state index contributed by atoms with van der Waals surface area (Å²) >= 11 is 6.07. The summed E-state index contributed by atoms with van der Waals surface area (Å²) in [5.74, 6) is 2.08. The topological polar surface area (TPSA) is 55.6 Å². The molecule has 0 aliphatic carbocycles. The second kappa shape index (κ2) is 5.57. The third-order valence-corrected chi connectivity index (χ3v) is 3.70. The molecular weight excluding hydrogens is 262 g/mol. The fraction of sp³-hybridized carbons (Fsp3) is 0.462. The monoisotopic (exact) mass is 277 g/mol. The summed E-state index contributed by atoms with van der Waals surface area (Å²) in [6.45, 7) is 1.65. The lowest BCUT2D eigenvalue weighted by molar-refractivity contribution is 0.610.